The van der Waals surface area contributed by atoms with Crippen molar-refractivity contribution < 1.29 is 19.8 Å². The molecular weight excluding hydrogens is 292 g/mol. The summed E-state index contributed by atoms with van der Waals surface area (Å²) in [4.78, 5) is 23.0. The van der Waals surface area contributed by atoms with Gasteiger partial charge in [-0.25, -0.2) is 4.79 Å². The Hall–Kier alpha value is -2.64. The van der Waals surface area contributed by atoms with Gasteiger partial charge in [-0.1, -0.05) is 36.3 Å². The highest BCUT2D eigenvalue weighted by molar-refractivity contribution is 6.00. The van der Waals surface area contributed by atoms with Crippen molar-refractivity contribution in [2.24, 2.45) is 5.41 Å². The van der Waals surface area contributed by atoms with Gasteiger partial charge in [0.05, 0.1) is 5.41 Å². The number of aliphatic carboxylic acids is 1. The van der Waals surface area contributed by atoms with Gasteiger partial charge in [-0.3, -0.25) is 4.79 Å². The van der Waals surface area contributed by atoms with Gasteiger partial charge in [0.15, 0.2) is 5.78 Å². The van der Waals surface area contributed by atoms with E-state index < -0.39 is 17.0 Å². The molecule has 4 nitrogen and oxygen atoms in total. The molecule has 0 radical (unpaired) electrons. The number of rotatable bonds is 3. The predicted octanol–water partition coefficient (Wildman–Crippen LogP) is 2.69. The van der Waals surface area contributed by atoms with Crippen LogP contribution in [-0.4, -0.2) is 22.0 Å². The summed E-state index contributed by atoms with van der Waals surface area (Å²) in [5.41, 5.74) is -1.33. The number of terminal acetylenes is 1. The molecular formula is C19H18O4. The first kappa shape index (κ1) is 16.7. The predicted molar refractivity (Wildman–Crippen MR) is 86.8 cm³/mol. The molecule has 0 saturated heterocycles. The Kier molecular flexibility index (Phi) is 4.26. The largest absolute Gasteiger partial charge is 0.478 e. The Balaban J connectivity index is 2.62. The lowest BCUT2D eigenvalue weighted by Crippen LogP contribution is -2.47. The van der Waals surface area contributed by atoms with Crippen molar-refractivity contribution in [2.45, 2.75) is 25.9 Å². The number of carboxylic acids is 1. The monoisotopic (exact) mass is 310 g/mol. The van der Waals surface area contributed by atoms with E-state index in [0.29, 0.717) is 16.7 Å². The van der Waals surface area contributed by atoms with Crippen LogP contribution in [0.15, 0.2) is 48.1 Å². The van der Waals surface area contributed by atoms with Gasteiger partial charge in [-0.15, -0.1) is 6.42 Å². The molecule has 0 bridgehead atoms. The smallest absolute Gasteiger partial charge is 0.328 e. The molecule has 0 aliphatic heterocycles. The molecule has 0 unspecified atom stereocenters. The number of hydrogen-bond acceptors (Lipinski definition) is 3. The van der Waals surface area contributed by atoms with Gasteiger partial charge in [0.2, 0.25) is 0 Å². The first-order valence-corrected chi connectivity index (χ1v) is 7.17. The van der Waals surface area contributed by atoms with Crippen molar-refractivity contribution in [1.82, 2.24) is 0 Å². The molecule has 0 fully saturated rings. The van der Waals surface area contributed by atoms with E-state index in [1.54, 1.807) is 38.1 Å². The third kappa shape index (κ3) is 2.84. The average molecular weight is 310 g/mol. The van der Waals surface area contributed by atoms with E-state index in [0.717, 1.165) is 6.08 Å². The van der Waals surface area contributed by atoms with Crippen molar-refractivity contribution in [2.75, 3.05) is 0 Å². The quantitative estimate of drug-likeness (QED) is 0.511. The van der Waals surface area contributed by atoms with Crippen LogP contribution < -0.4 is 0 Å². The Morgan fingerprint density at radius 2 is 2.04 bits per heavy atom. The molecule has 2 atom stereocenters. The molecule has 1 aromatic carbocycles. The number of fused-ring (bicyclic) bond motifs is 1. The molecule has 118 valence electrons. The van der Waals surface area contributed by atoms with E-state index in [1.165, 1.54) is 12.2 Å². The highest BCUT2D eigenvalue weighted by Crippen LogP contribution is 2.49. The minimum Gasteiger partial charge on any atom is -0.478 e. The fourth-order valence-electron chi connectivity index (χ4n) is 2.84. The van der Waals surface area contributed by atoms with Gasteiger partial charge < -0.3 is 10.2 Å². The third-order valence-electron chi connectivity index (χ3n) is 4.25. The fourth-order valence-corrected chi connectivity index (χ4v) is 2.84. The lowest BCUT2D eigenvalue weighted by atomic mass is 9.61. The molecule has 4 heteroatoms. The number of carboxylic acid groups (broad SMARTS) is 1. The molecule has 1 aliphatic carbocycles. The summed E-state index contributed by atoms with van der Waals surface area (Å²) in [6, 6.07) is 6.79. The normalized spacial score (nSPS) is 27.6. The fraction of sp³-hybridized carbons (Fsp3) is 0.263. The number of ketones is 1. The van der Waals surface area contributed by atoms with Crippen LogP contribution in [-0.2, 0) is 10.4 Å². The number of Topliss-reactive ketones (excluding diaryl/α,β-unsaturated/α-hetero) is 1. The van der Waals surface area contributed by atoms with E-state index in [2.05, 4.69) is 5.92 Å². The Morgan fingerprint density at radius 3 is 2.65 bits per heavy atom. The van der Waals surface area contributed by atoms with Gasteiger partial charge in [0.1, 0.15) is 5.60 Å². The zero-order valence-electron chi connectivity index (χ0n) is 13.0. The summed E-state index contributed by atoms with van der Waals surface area (Å²) in [5, 5.41) is 20.1. The average Bonchev–Trinajstić information content (AvgIpc) is 2.50. The lowest BCUT2D eigenvalue weighted by molar-refractivity contribution is -0.131. The number of hydrogen-bond donors (Lipinski definition) is 2. The van der Waals surface area contributed by atoms with Crippen molar-refractivity contribution >= 4 is 11.8 Å². The molecule has 2 N–H and O–H groups in total. The Morgan fingerprint density at radius 1 is 1.39 bits per heavy atom. The van der Waals surface area contributed by atoms with Gasteiger partial charge in [-0.05, 0) is 31.1 Å². The van der Waals surface area contributed by atoms with Gasteiger partial charge in [-0.2, -0.15) is 0 Å². The summed E-state index contributed by atoms with van der Waals surface area (Å²) >= 11 is 0. The van der Waals surface area contributed by atoms with Crippen LogP contribution in [0.1, 0.15) is 36.2 Å². The first-order valence-electron chi connectivity index (χ1n) is 7.17. The van der Waals surface area contributed by atoms with Crippen molar-refractivity contribution in [3.8, 4) is 12.3 Å². The maximum atomic E-state index is 12.3. The van der Waals surface area contributed by atoms with Crippen LogP contribution in [0.3, 0.4) is 0 Å². The molecule has 0 aromatic heterocycles. The zero-order valence-corrected chi connectivity index (χ0v) is 13.0. The second kappa shape index (κ2) is 5.86. The van der Waals surface area contributed by atoms with E-state index in [-0.39, 0.29) is 12.2 Å². The topological polar surface area (TPSA) is 74.6 Å². The number of allylic oxidation sites excluding steroid dienone is 2. The van der Waals surface area contributed by atoms with Crippen LogP contribution in [0.25, 0.3) is 0 Å². The lowest BCUT2D eigenvalue weighted by Gasteiger charge is -2.44. The van der Waals surface area contributed by atoms with E-state index in [4.69, 9.17) is 11.5 Å². The highest BCUT2D eigenvalue weighted by atomic mass is 16.4. The Labute approximate surface area is 135 Å². The molecule has 1 aromatic rings. The maximum absolute atomic E-state index is 12.3. The summed E-state index contributed by atoms with van der Waals surface area (Å²) in [6.45, 7) is 3.27. The molecule has 23 heavy (non-hydrogen) atoms. The van der Waals surface area contributed by atoms with Gasteiger partial charge >= 0.3 is 5.97 Å². The van der Waals surface area contributed by atoms with Crippen LogP contribution in [0.5, 0.6) is 0 Å². The highest BCUT2D eigenvalue weighted by Gasteiger charge is 2.51. The summed E-state index contributed by atoms with van der Waals surface area (Å²) in [5.74, 6) is 1.36. The first-order chi connectivity index (χ1) is 10.7. The number of carbonyl (C=O) groups excluding carboxylic acids is 1. The third-order valence-corrected chi connectivity index (χ3v) is 4.25. The van der Waals surface area contributed by atoms with E-state index in [1.807, 2.05) is 0 Å². The van der Waals surface area contributed by atoms with Crippen LogP contribution >= 0.6 is 0 Å². The minimum absolute atomic E-state index is 0.0169. The molecule has 1 aliphatic rings. The van der Waals surface area contributed by atoms with Crippen LogP contribution in [0.2, 0.25) is 0 Å². The van der Waals surface area contributed by atoms with E-state index >= 15 is 0 Å². The van der Waals surface area contributed by atoms with Gasteiger partial charge in [0.25, 0.3) is 0 Å². The number of benzene rings is 1. The summed E-state index contributed by atoms with van der Waals surface area (Å²) in [7, 11) is 0. The van der Waals surface area contributed by atoms with Gasteiger partial charge in [0, 0.05) is 18.1 Å². The minimum atomic E-state index is -1.56. The summed E-state index contributed by atoms with van der Waals surface area (Å²) in [6.07, 6.45) is 9.66. The SMILES string of the molecule is C#C[C@]1(C)CC(=O)c2ccccc2[C@@]1(O)/C=C/C(C)=C\C(=O)O. The number of carbonyl (C=O) groups is 2. The van der Waals surface area contributed by atoms with Crippen molar-refractivity contribution in [1.29, 1.82) is 0 Å². The standard InChI is InChI=1S/C19H18O4/c1-4-18(3)12-16(20)14-7-5-6-8-15(14)19(18,23)10-9-13(2)11-17(21)22/h1,5-11,23H,12H2,2-3H3,(H,21,22)/b10-9+,13-11-/t18-,19+/m1/s1. The molecule has 0 amide bonds. The zero-order chi connectivity index (χ0) is 17.3. The number of aliphatic hydroxyl groups is 1. The Bertz CT molecular complexity index is 766. The molecule has 2 rings (SSSR count). The molecule has 0 saturated carbocycles. The molecule has 0 heterocycles. The summed E-state index contributed by atoms with van der Waals surface area (Å²) < 4.78 is 0. The maximum Gasteiger partial charge on any atom is 0.328 e. The van der Waals surface area contributed by atoms with Crippen molar-refractivity contribution in [3.05, 3.63) is 59.2 Å². The van der Waals surface area contributed by atoms with Crippen molar-refractivity contribution in [3.63, 3.8) is 0 Å². The molecule has 0 spiro atoms. The van der Waals surface area contributed by atoms with Crippen LogP contribution in [0, 0.1) is 17.8 Å². The van der Waals surface area contributed by atoms with Crippen LogP contribution in [0.4, 0.5) is 0 Å². The van der Waals surface area contributed by atoms with E-state index in [9.17, 15) is 14.7 Å². The second-order valence-electron chi connectivity index (χ2n) is 5.95. The second-order valence-corrected chi connectivity index (χ2v) is 5.95.